The Morgan fingerprint density at radius 3 is 2.12 bits per heavy atom. The third-order valence-electron chi connectivity index (χ3n) is 3.11. The maximum atomic E-state index is 11.1. The molecule has 2 N–H and O–H groups in total. The molecule has 0 aliphatic heterocycles. The molecular weight excluding hydrogens is 316 g/mol. The Bertz CT molecular complexity index is 496. The van der Waals surface area contributed by atoms with Gasteiger partial charge in [0, 0.05) is 19.4 Å². The Kier molecular flexibility index (Phi) is 8.81. The van der Waals surface area contributed by atoms with Gasteiger partial charge in [-0.15, -0.1) is 0 Å². The van der Waals surface area contributed by atoms with E-state index in [1.807, 2.05) is 0 Å². The summed E-state index contributed by atoms with van der Waals surface area (Å²) in [6.45, 7) is 2.73. The molecule has 0 radical (unpaired) electrons. The van der Waals surface area contributed by atoms with E-state index in [1.165, 1.54) is 13.8 Å². The smallest absolute Gasteiger partial charge is 0.305 e. The van der Waals surface area contributed by atoms with Crippen LogP contribution in [0.5, 0.6) is 5.75 Å². The second-order valence-corrected chi connectivity index (χ2v) is 5.30. The third kappa shape index (κ3) is 7.94. The first kappa shape index (κ1) is 19.9. The second kappa shape index (κ2) is 10.6. The first-order chi connectivity index (χ1) is 11.4. The Labute approximate surface area is 141 Å². The quantitative estimate of drug-likeness (QED) is 0.380. The summed E-state index contributed by atoms with van der Waals surface area (Å²) in [5.74, 6) is -0.468. The summed E-state index contributed by atoms with van der Waals surface area (Å²) in [4.78, 5) is 22.2. The molecule has 0 aromatic heterocycles. The highest BCUT2D eigenvalue weighted by atomic mass is 16.7. The molecule has 1 unspecified atom stereocenters. The van der Waals surface area contributed by atoms with Crippen LogP contribution >= 0.6 is 0 Å². The molecule has 1 rings (SSSR count). The van der Waals surface area contributed by atoms with Crippen LogP contribution in [0.4, 0.5) is 0 Å². The molecule has 1 aromatic carbocycles. The highest BCUT2D eigenvalue weighted by molar-refractivity contribution is 5.68. The van der Waals surface area contributed by atoms with Gasteiger partial charge in [-0.1, -0.05) is 0 Å². The van der Waals surface area contributed by atoms with Gasteiger partial charge in [-0.25, -0.2) is 0 Å². The zero-order valence-corrected chi connectivity index (χ0v) is 13.9. The van der Waals surface area contributed by atoms with Crippen LogP contribution in [0.2, 0.25) is 0 Å². The fraction of sp³-hybridized carbons (Fsp3) is 0.529. The summed E-state index contributed by atoms with van der Waals surface area (Å²) in [6.07, 6.45) is 0.284. The topological polar surface area (TPSA) is 102 Å². The molecule has 0 bridgehead atoms. The van der Waals surface area contributed by atoms with Gasteiger partial charge in [0.25, 0.3) is 6.29 Å². The average Bonchev–Trinajstić information content (AvgIpc) is 2.53. The normalized spacial score (nSPS) is 11.9. The number of hydrogen-bond acceptors (Lipinski definition) is 7. The number of unbranched alkanes of at least 4 members (excludes halogenated alkanes) is 1. The number of hydrogen-bond donors (Lipinski definition) is 2. The Hall–Kier alpha value is -2.12. The molecule has 0 fully saturated rings. The molecule has 0 amide bonds. The zero-order valence-electron chi connectivity index (χ0n) is 13.9. The van der Waals surface area contributed by atoms with E-state index in [4.69, 9.17) is 19.3 Å². The van der Waals surface area contributed by atoms with Crippen molar-refractivity contribution in [2.75, 3.05) is 13.2 Å². The largest absolute Gasteiger partial charge is 0.494 e. The van der Waals surface area contributed by atoms with Crippen molar-refractivity contribution in [1.82, 2.24) is 0 Å². The predicted octanol–water partition coefficient (Wildman–Crippen LogP) is 1.71. The molecular formula is C17H24O7. The van der Waals surface area contributed by atoms with Crippen molar-refractivity contribution < 1.29 is 34.0 Å². The third-order valence-corrected chi connectivity index (χ3v) is 3.11. The minimum atomic E-state index is -1.07. The Morgan fingerprint density at radius 2 is 1.62 bits per heavy atom. The van der Waals surface area contributed by atoms with Gasteiger partial charge in [0.05, 0.1) is 19.3 Å². The van der Waals surface area contributed by atoms with Gasteiger partial charge in [0.2, 0.25) is 0 Å². The summed E-state index contributed by atoms with van der Waals surface area (Å²) in [6, 6.07) is 6.69. The summed E-state index contributed by atoms with van der Waals surface area (Å²) in [5.41, 5.74) is 0.527. The van der Waals surface area contributed by atoms with Crippen LogP contribution in [0, 0.1) is 0 Å². The van der Waals surface area contributed by atoms with E-state index >= 15 is 0 Å². The number of carbonyl (C=O) groups is 2. The number of aliphatic hydroxyl groups excluding tert-OH is 2. The first-order valence-electron chi connectivity index (χ1n) is 7.78. The average molecular weight is 340 g/mol. The molecule has 0 heterocycles. The number of ether oxygens (including phenoxy) is 3. The van der Waals surface area contributed by atoms with Crippen molar-refractivity contribution in [1.29, 1.82) is 0 Å². The maximum Gasteiger partial charge on any atom is 0.305 e. The number of carbonyl (C=O) groups excluding carboxylic acids is 2. The van der Waals surface area contributed by atoms with Crippen LogP contribution in [0.1, 0.15) is 45.0 Å². The lowest BCUT2D eigenvalue weighted by Crippen LogP contribution is -2.14. The van der Waals surface area contributed by atoms with Crippen molar-refractivity contribution >= 4 is 11.9 Å². The fourth-order valence-corrected chi connectivity index (χ4v) is 1.95. The second-order valence-electron chi connectivity index (χ2n) is 5.30. The fourth-order valence-electron chi connectivity index (χ4n) is 1.95. The molecule has 7 heteroatoms. The van der Waals surface area contributed by atoms with E-state index in [9.17, 15) is 14.7 Å². The molecule has 0 saturated heterocycles. The number of aliphatic hydroxyl groups is 2. The number of rotatable bonds is 10. The monoisotopic (exact) mass is 340 g/mol. The molecule has 1 atom stereocenters. The zero-order chi connectivity index (χ0) is 17.9. The Morgan fingerprint density at radius 1 is 1.04 bits per heavy atom. The van der Waals surface area contributed by atoms with Crippen molar-refractivity contribution in [3.63, 3.8) is 0 Å². The van der Waals surface area contributed by atoms with Crippen LogP contribution in [0.25, 0.3) is 0 Å². The molecule has 134 valence electrons. The van der Waals surface area contributed by atoms with Crippen molar-refractivity contribution in [2.24, 2.45) is 0 Å². The van der Waals surface area contributed by atoms with Gasteiger partial charge in [-0.05, 0) is 43.5 Å². The van der Waals surface area contributed by atoms with E-state index in [2.05, 4.69) is 0 Å². The summed E-state index contributed by atoms with van der Waals surface area (Å²) >= 11 is 0. The van der Waals surface area contributed by atoms with E-state index in [0.29, 0.717) is 24.3 Å². The van der Waals surface area contributed by atoms with Crippen LogP contribution < -0.4 is 4.74 Å². The number of benzene rings is 1. The van der Waals surface area contributed by atoms with Crippen LogP contribution in [0.3, 0.4) is 0 Å². The lowest BCUT2D eigenvalue weighted by Gasteiger charge is -2.17. The van der Waals surface area contributed by atoms with E-state index < -0.39 is 24.3 Å². The highest BCUT2D eigenvalue weighted by Crippen LogP contribution is 2.22. The SMILES string of the molecule is CC(=O)OC(OC(C)=O)c1ccc(OCCCCC(O)CO)cc1. The van der Waals surface area contributed by atoms with E-state index in [1.54, 1.807) is 24.3 Å². The first-order valence-corrected chi connectivity index (χ1v) is 7.78. The van der Waals surface area contributed by atoms with Crippen molar-refractivity contribution in [3.05, 3.63) is 29.8 Å². The van der Waals surface area contributed by atoms with Gasteiger partial charge < -0.3 is 24.4 Å². The molecule has 1 aromatic rings. The highest BCUT2D eigenvalue weighted by Gasteiger charge is 2.17. The maximum absolute atomic E-state index is 11.1. The molecule has 0 aliphatic carbocycles. The van der Waals surface area contributed by atoms with Gasteiger partial charge in [-0.2, -0.15) is 0 Å². The van der Waals surface area contributed by atoms with E-state index in [0.717, 1.165) is 12.8 Å². The van der Waals surface area contributed by atoms with Crippen LogP contribution in [-0.2, 0) is 19.1 Å². The standard InChI is InChI=1S/C17H24O7/c1-12(19)23-17(24-13(2)20)14-6-8-16(9-7-14)22-10-4-3-5-15(21)11-18/h6-9,15,17-18,21H,3-5,10-11H2,1-2H3. The van der Waals surface area contributed by atoms with Gasteiger partial charge in [-0.3, -0.25) is 9.59 Å². The molecule has 0 aliphatic rings. The summed E-state index contributed by atoms with van der Waals surface area (Å²) < 4.78 is 15.5. The summed E-state index contributed by atoms with van der Waals surface area (Å²) in [5, 5.41) is 17.9. The minimum Gasteiger partial charge on any atom is -0.494 e. The molecule has 0 saturated carbocycles. The molecule has 0 spiro atoms. The molecule has 7 nitrogen and oxygen atoms in total. The van der Waals surface area contributed by atoms with Gasteiger partial charge in [0.1, 0.15) is 5.75 Å². The summed E-state index contributed by atoms with van der Waals surface area (Å²) in [7, 11) is 0. The van der Waals surface area contributed by atoms with Crippen LogP contribution in [-0.4, -0.2) is 41.5 Å². The van der Waals surface area contributed by atoms with Gasteiger partial charge >= 0.3 is 11.9 Å². The van der Waals surface area contributed by atoms with E-state index in [-0.39, 0.29) is 6.61 Å². The van der Waals surface area contributed by atoms with Crippen molar-refractivity contribution in [3.8, 4) is 5.75 Å². The minimum absolute atomic E-state index is 0.228. The number of esters is 2. The lowest BCUT2D eigenvalue weighted by molar-refractivity contribution is -0.186. The molecule has 24 heavy (non-hydrogen) atoms. The lowest BCUT2D eigenvalue weighted by atomic mass is 10.2. The van der Waals surface area contributed by atoms with Crippen LogP contribution in [0.15, 0.2) is 24.3 Å². The Balaban J connectivity index is 2.48. The van der Waals surface area contributed by atoms with Gasteiger partial charge in [0.15, 0.2) is 0 Å². The predicted molar refractivity (Wildman–Crippen MR) is 85.2 cm³/mol. The van der Waals surface area contributed by atoms with Crippen molar-refractivity contribution in [2.45, 2.75) is 45.5 Å².